The Hall–Kier alpha value is -1.67. The highest BCUT2D eigenvalue weighted by Crippen LogP contribution is 2.21. The molecule has 0 saturated heterocycles. The van der Waals surface area contributed by atoms with Gasteiger partial charge in [-0.05, 0) is 26.8 Å². The number of sulfonamides is 1. The van der Waals surface area contributed by atoms with Gasteiger partial charge in [0.2, 0.25) is 15.9 Å². The Morgan fingerprint density at radius 1 is 1.45 bits per heavy atom. The predicted molar refractivity (Wildman–Crippen MR) is 76.6 cm³/mol. The molecule has 0 aliphatic rings. The Morgan fingerprint density at radius 2 is 2.10 bits per heavy atom. The van der Waals surface area contributed by atoms with Gasteiger partial charge in [0.05, 0.1) is 5.69 Å². The standard InChI is InChI=1S/C12H20N4O3S/c1-4-15-9-5-6-14-8-10(9)20(18,19)16-12(2,3)7-11(13)17/h5-6,8,16H,4,7H2,1-3H3,(H2,13,17)(H,14,15). The monoisotopic (exact) mass is 300 g/mol. The molecule has 1 heterocycles. The number of amides is 1. The number of anilines is 1. The van der Waals surface area contributed by atoms with Crippen LogP contribution in [0.5, 0.6) is 0 Å². The number of primary amides is 1. The number of rotatable bonds is 7. The normalized spacial score (nSPS) is 12.2. The lowest BCUT2D eigenvalue weighted by atomic mass is 10.0. The molecule has 8 heteroatoms. The summed E-state index contributed by atoms with van der Waals surface area (Å²) in [6, 6.07) is 1.58. The van der Waals surface area contributed by atoms with Crippen LogP contribution in [0.1, 0.15) is 27.2 Å². The lowest BCUT2D eigenvalue weighted by Crippen LogP contribution is -2.46. The molecule has 0 radical (unpaired) electrons. The molecule has 4 N–H and O–H groups in total. The fourth-order valence-corrected chi connectivity index (χ4v) is 3.36. The van der Waals surface area contributed by atoms with Crippen molar-refractivity contribution in [3.63, 3.8) is 0 Å². The highest BCUT2D eigenvalue weighted by molar-refractivity contribution is 7.89. The Kier molecular flexibility index (Phi) is 5.07. The van der Waals surface area contributed by atoms with Crippen LogP contribution in [-0.4, -0.2) is 31.4 Å². The van der Waals surface area contributed by atoms with Crippen molar-refractivity contribution >= 4 is 21.6 Å². The van der Waals surface area contributed by atoms with E-state index in [2.05, 4.69) is 15.0 Å². The van der Waals surface area contributed by atoms with Gasteiger partial charge in [0, 0.05) is 30.9 Å². The molecule has 0 bridgehead atoms. The molecule has 1 rings (SSSR count). The maximum absolute atomic E-state index is 12.4. The molecule has 0 atom stereocenters. The molecule has 112 valence electrons. The van der Waals surface area contributed by atoms with Crippen molar-refractivity contribution in [2.45, 2.75) is 37.6 Å². The van der Waals surface area contributed by atoms with Gasteiger partial charge in [0.25, 0.3) is 0 Å². The summed E-state index contributed by atoms with van der Waals surface area (Å²) in [4.78, 5) is 14.8. The molecule has 0 spiro atoms. The third-order valence-corrected chi connectivity index (χ3v) is 4.19. The van der Waals surface area contributed by atoms with E-state index in [9.17, 15) is 13.2 Å². The molecule has 7 nitrogen and oxygen atoms in total. The molecular formula is C12H20N4O3S. The molecule has 0 aromatic carbocycles. The fraction of sp³-hybridized carbons (Fsp3) is 0.500. The van der Waals surface area contributed by atoms with Crippen molar-refractivity contribution in [2.24, 2.45) is 5.73 Å². The Morgan fingerprint density at radius 3 is 2.65 bits per heavy atom. The van der Waals surface area contributed by atoms with E-state index in [-0.39, 0.29) is 11.3 Å². The summed E-state index contributed by atoms with van der Waals surface area (Å²) in [5, 5.41) is 2.96. The molecule has 0 fully saturated rings. The van der Waals surface area contributed by atoms with Crippen LogP contribution in [0.25, 0.3) is 0 Å². The number of aromatic nitrogens is 1. The van der Waals surface area contributed by atoms with E-state index < -0.39 is 21.5 Å². The SMILES string of the molecule is CCNc1ccncc1S(=O)(=O)NC(C)(C)CC(N)=O. The van der Waals surface area contributed by atoms with Crippen molar-refractivity contribution in [3.8, 4) is 0 Å². The topological polar surface area (TPSA) is 114 Å². The van der Waals surface area contributed by atoms with E-state index in [0.717, 1.165) is 0 Å². The largest absolute Gasteiger partial charge is 0.384 e. The molecule has 1 amide bonds. The van der Waals surface area contributed by atoms with Gasteiger partial charge in [-0.1, -0.05) is 0 Å². The molecule has 0 aliphatic heterocycles. The van der Waals surface area contributed by atoms with Crippen molar-refractivity contribution in [2.75, 3.05) is 11.9 Å². The highest BCUT2D eigenvalue weighted by Gasteiger charge is 2.29. The minimum absolute atomic E-state index is 0.0411. The van der Waals surface area contributed by atoms with Gasteiger partial charge < -0.3 is 11.1 Å². The zero-order chi connectivity index (χ0) is 15.4. The smallest absolute Gasteiger partial charge is 0.244 e. The number of carbonyl (C=O) groups is 1. The van der Waals surface area contributed by atoms with E-state index >= 15 is 0 Å². The second-order valence-electron chi connectivity index (χ2n) is 5.03. The Bertz CT molecular complexity index is 584. The molecular weight excluding hydrogens is 280 g/mol. The number of nitrogens with zero attached hydrogens (tertiary/aromatic N) is 1. The summed E-state index contributed by atoms with van der Waals surface area (Å²) in [7, 11) is -3.80. The first kappa shape index (κ1) is 16.4. The van der Waals surface area contributed by atoms with Gasteiger partial charge in [-0.2, -0.15) is 0 Å². The van der Waals surface area contributed by atoms with E-state index in [1.54, 1.807) is 19.9 Å². The van der Waals surface area contributed by atoms with Crippen LogP contribution >= 0.6 is 0 Å². The van der Waals surface area contributed by atoms with Gasteiger partial charge in [-0.25, -0.2) is 13.1 Å². The van der Waals surface area contributed by atoms with Crippen LogP contribution in [0, 0.1) is 0 Å². The van der Waals surface area contributed by atoms with E-state index in [4.69, 9.17) is 5.73 Å². The molecule has 0 aliphatic carbocycles. The van der Waals surface area contributed by atoms with Crippen molar-refractivity contribution in [1.82, 2.24) is 9.71 Å². The van der Waals surface area contributed by atoms with E-state index in [0.29, 0.717) is 12.2 Å². The Labute approximate surface area is 119 Å². The molecule has 1 aromatic heterocycles. The zero-order valence-corrected chi connectivity index (χ0v) is 12.6. The van der Waals surface area contributed by atoms with E-state index in [1.807, 2.05) is 6.92 Å². The van der Waals surface area contributed by atoms with Gasteiger partial charge in [0.15, 0.2) is 0 Å². The second kappa shape index (κ2) is 6.19. The average Bonchev–Trinajstić information content (AvgIpc) is 2.26. The molecule has 0 unspecified atom stereocenters. The fourth-order valence-electron chi connectivity index (χ4n) is 1.82. The number of carbonyl (C=O) groups excluding carboxylic acids is 1. The maximum atomic E-state index is 12.4. The second-order valence-corrected chi connectivity index (χ2v) is 6.69. The number of hydrogen-bond acceptors (Lipinski definition) is 5. The third kappa shape index (κ3) is 4.46. The first-order valence-corrected chi connectivity index (χ1v) is 7.66. The Balaban J connectivity index is 3.08. The first-order chi connectivity index (χ1) is 9.18. The number of hydrogen-bond donors (Lipinski definition) is 3. The van der Waals surface area contributed by atoms with Gasteiger partial charge in [0.1, 0.15) is 4.90 Å². The third-order valence-electron chi connectivity index (χ3n) is 2.47. The number of nitrogens with one attached hydrogen (secondary N) is 2. The number of pyridine rings is 1. The summed E-state index contributed by atoms with van der Waals surface area (Å²) in [6.45, 7) is 5.63. The van der Waals surface area contributed by atoms with Gasteiger partial charge >= 0.3 is 0 Å². The van der Waals surface area contributed by atoms with Crippen LogP contribution in [0.2, 0.25) is 0 Å². The average molecular weight is 300 g/mol. The molecule has 0 saturated carbocycles. The van der Waals surface area contributed by atoms with Crippen molar-refractivity contribution in [1.29, 1.82) is 0 Å². The molecule has 20 heavy (non-hydrogen) atoms. The van der Waals surface area contributed by atoms with Crippen LogP contribution in [0.15, 0.2) is 23.4 Å². The van der Waals surface area contributed by atoms with Crippen LogP contribution in [-0.2, 0) is 14.8 Å². The summed E-state index contributed by atoms with van der Waals surface area (Å²) in [5.41, 5.74) is 4.61. The minimum atomic E-state index is -3.80. The summed E-state index contributed by atoms with van der Waals surface area (Å²) >= 11 is 0. The maximum Gasteiger partial charge on any atom is 0.244 e. The van der Waals surface area contributed by atoms with Crippen molar-refractivity contribution in [3.05, 3.63) is 18.5 Å². The lowest BCUT2D eigenvalue weighted by molar-refractivity contribution is -0.119. The minimum Gasteiger partial charge on any atom is -0.384 e. The van der Waals surface area contributed by atoms with Gasteiger partial charge in [-0.15, -0.1) is 0 Å². The highest BCUT2D eigenvalue weighted by atomic mass is 32.2. The van der Waals surface area contributed by atoms with Crippen molar-refractivity contribution < 1.29 is 13.2 Å². The van der Waals surface area contributed by atoms with Crippen LogP contribution in [0.3, 0.4) is 0 Å². The lowest BCUT2D eigenvalue weighted by Gasteiger charge is -2.25. The van der Waals surface area contributed by atoms with Crippen LogP contribution < -0.4 is 15.8 Å². The summed E-state index contributed by atoms with van der Waals surface area (Å²) in [6.07, 6.45) is 2.68. The van der Waals surface area contributed by atoms with Crippen LogP contribution in [0.4, 0.5) is 5.69 Å². The summed E-state index contributed by atoms with van der Waals surface area (Å²) in [5.74, 6) is -0.573. The van der Waals surface area contributed by atoms with Gasteiger partial charge in [-0.3, -0.25) is 9.78 Å². The summed E-state index contributed by atoms with van der Waals surface area (Å²) < 4.78 is 27.2. The van der Waals surface area contributed by atoms with E-state index in [1.165, 1.54) is 12.4 Å². The first-order valence-electron chi connectivity index (χ1n) is 6.18. The zero-order valence-electron chi connectivity index (χ0n) is 11.8. The number of nitrogens with two attached hydrogens (primary N) is 1. The predicted octanol–water partition coefficient (Wildman–Crippen LogP) is 0.446. The quantitative estimate of drug-likeness (QED) is 0.676. The molecule has 1 aromatic rings.